The lowest BCUT2D eigenvalue weighted by Crippen LogP contribution is -2.51. The van der Waals surface area contributed by atoms with E-state index < -0.39 is 10.0 Å². The molecular weight excluding hydrogens is 386 g/mol. The number of piperazine rings is 1. The lowest BCUT2D eigenvalue weighted by molar-refractivity contribution is 0.184. The number of urea groups is 1. The van der Waals surface area contributed by atoms with E-state index >= 15 is 0 Å². The number of carbonyl (C=O) groups excluding carboxylic acids is 1. The van der Waals surface area contributed by atoms with Crippen LogP contribution in [0.5, 0.6) is 0 Å². The largest absolute Gasteiger partial charge is 0.322 e. The topological polar surface area (TPSA) is 69.7 Å². The van der Waals surface area contributed by atoms with Crippen molar-refractivity contribution in [3.8, 4) is 0 Å². The van der Waals surface area contributed by atoms with Gasteiger partial charge in [0.15, 0.2) is 0 Å². The van der Waals surface area contributed by atoms with Gasteiger partial charge >= 0.3 is 6.03 Å². The molecule has 0 bridgehead atoms. The Balaban J connectivity index is 1.64. The van der Waals surface area contributed by atoms with Gasteiger partial charge in [0.2, 0.25) is 10.0 Å². The Kier molecular flexibility index (Phi) is 5.74. The maximum absolute atomic E-state index is 12.8. The van der Waals surface area contributed by atoms with Gasteiger partial charge in [-0.2, -0.15) is 4.31 Å². The molecule has 2 aromatic rings. The number of sulfonamides is 1. The van der Waals surface area contributed by atoms with Crippen molar-refractivity contribution in [2.45, 2.75) is 18.7 Å². The van der Waals surface area contributed by atoms with Gasteiger partial charge in [0.05, 0.1) is 4.90 Å². The van der Waals surface area contributed by atoms with Crippen LogP contribution in [0.4, 0.5) is 10.5 Å². The molecule has 27 heavy (non-hydrogen) atoms. The van der Waals surface area contributed by atoms with Crippen molar-refractivity contribution >= 4 is 33.3 Å². The summed E-state index contributed by atoms with van der Waals surface area (Å²) in [5, 5.41) is 3.32. The highest BCUT2D eigenvalue weighted by Gasteiger charge is 2.30. The fourth-order valence-corrected chi connectivity index (χ4v) is 4.62. The lowest BCUT2D eigenvalue weighted by Gasteiger charge is -2.34. The summed E-state index contributed by atoms with van der Waals surface area (Å²) in [4.78, 5) is 14.3. The Morgan fingerprint density at radius 2 is 1.70 bits per heavy atom. The molecule has 6 nitrogen and oxygen atoms in total. The number of anilines is 1. The van der Waals surface area contributed by atoms with Crippen molar-refractivity contribution in [3.63, 3.8) is 0 Å². The van der Waals surface area contributed by atoms with Gasteiger partial charge in [0.1, 0.15) is 0 Å². The Labute approximate surface area is 164 Å². The molecule has 1 N–H and O–H groups in total. The molecule has 3 rings (SSSR count). The molecule has 1 heterocycles. The van der Waals surface area contributed by atoms with E-state index in [1.54, 1.807) is 41.3 Å². The number of carbonyl (C=O) groups is 1. The van der Waals surface area contributed by atoms with Crippen LogP contribution in [0.1, 0.15) is 11.1 Å². The van der Waals surface area contributed by atoms with Crippen molar-refractivity contribution in [1.29, 1.82) is 0 Å². The van der Waals surface area contributed by atoms with Crippen LogP contribution in [-0.4, -0.2) is 49.8 Å². The molecule has 1 aliphatic rings. The molecule has 1 aliphatic heterocycles. The number of amides is 2. The van der Waals surface area contributed by atoms with Crippen LogP contribution in [-0.2, 0) is 10.0 Å². The van der Waals surface area contributed by atoms with Crippen molar-refractivity contribution in [1.82, 2.24) is 9.21 Å². The number of rotatable bonds is 3. The molecule has 0 saturated carbocycles. The maximum atomic E-state index is 12.8. The third-order valence-corrected chi connectivity index (χ3v) is 6.85. The summed E-state index contributed by atoms with van der Waals surface area (Å²) in [5.74, 6) is 0. The number of hydrogen-bond acceptors (Lipinski definition) is 3. The first kappa shape index (κ1) is 19.7. The summed E-state index contributed by atoms with van der Waals surface area (Å²) in [6.07, 6.45) is 0. The van der Waals surface area contributed by atoms with E-state index in [9.17, 15) is 13.2 Å². The molecule has 2 amide bonds. The van der Waals surface area contributed by atoms with Crippen LogP contribution < -0.4 is 5.32 Å². The number of benzene rings is 2. The Hall–Kier alpha value is -2.09. The molecule has 0 radical (unpaired) electrons. The Morgan fingerprint density at radius 1 is 1.00 bits per heavy atom. The lowest BCUT2D eigenvalue weighted by atomic mass is 10.1. The fourth-order valence-electron chi connectivity index (χ4n) is 2.92. The van der Waals surface area contributed by atoms with Crippen molar-refractivity contribution in [2.24, 2.45) is 0 Å². The highest BCUT2D eigenvalue weighted by molar-refractivity contribution is 7.89. The minimum Gasteiger partial charge on any atom is -0.322 e. The summed E-state index contributed by atoms with van der Waals surface area (Å²) in [6.45, 7) is 5.03. The second-order valence-electron chi connectivity index (χ2n) is 6.58. The molecule has 0 aliphatic carbocycles. The summed E-state index contributed by atoms with van der Waals surface area (Å²) < 4.78 is 27.1. The average Bonchev–Trinajstić information content (AvgIpc) is 2.64. The standard InChI is InChI=1S/C19H22ClN3O3S/c1-14-6-7-18(12-15(14)2)27(25,26)23-10-8-22(9-11-23)19(24)21-17-5-3-4-16(20)13-17/h3-7,12-13H,8-11H2,1-2H3,(H,21,24). The van der Waals surface area contributed by atoms with Crippen LogP contribution in [0.15, 0.2) is 47.4 Å². The molecule has 0 atom stereocenters. The zero-order chi connectivity index (χ0) is 19.6. The number of halogens is 1. The van der Waals surface area contributed by atoms with Crippen LogP contribution in [0.3, 0.4) is 0 Å². The fraction of sp³-hybridized carbons (Fsp3) is 0.316. The van der Waals surface area contributed by atoms with Crippen LogP contribution >= 0.6 is 11.6 Å². The third kappa shape index (κ3) is 4.43. The van der Waals surface area contributed by atoms with Gasteiger partial charge in [0, 0.05) is 36.9 Å². The van der Waals surface area contributed by atoms with E-state index in [1.165, 1.54) is 4.31 Å². The van der Waals surface area contributed by atoms with E-state index in [2.05, 4.69) is 5.32 Å². The van der Waals surface area contributed by atoms with Crippen LogP contribution in [0.2, 0.25) is 5.02 Å². The molecule has 0 unspecified atom stereocenters. The van der Waals surface area contributed by atoms with Gasteiger partial charge in [0.25, 0.3) is 0 Å². The van der Waals surface area contributed by atoms with Crippen LogP contribution in [0.25, 0.3) is 0 Å². The first-order valence-electron chi connectivity index (χ1n) is 8.66. The molecule has 8 heteroatoms. The molecule has 2 aromatic carbocycles. The summed E-state index contributed by atoms with van der Waals surface area (Å²) in [6, 6.07) is 11.8. The van der Waals surface area contributed by atoms with Crippen molar-refractivity contribution in [2.75, 3.05) is 31.5 Å². The molecule has 1 fully saturated rings. The van der Waals surface area contributed by atoms with E-state index in [-0.39, 0.29) is 19.1 Å². The molecule has 144 valence electrons. The second-order valence-corrected chi connectivity index (χ2v) is 8.95. The number of hydrogen-bond donors (Lipinski definition) is 1. The predicted octanol–water partition coefficient (Wildman–Crippen LogP) is 3.50. The minimum atomic E-state index is -3.56. The highest BCUT2D eigenvalue weighted by Crippen LogP contribution is 2.21. The Bertz CT molecular complexity index is 954. The van der Waals surface area contributed by atoms with Crippen molar-refractivity contribution < 1.29 is 13.2 Å². The van der Waals surface area contributed by atoms with E-state index in [0.717, 1.165) is 11.1 Å². The van der Waals surface area contributed by atoms with E-state index in [0.29, 0.717) is 28.7 Å². The zero-order valence-electron chi connectivity index (χ0n) is 15.3. The SMILES string of the molecule is Cc1ccc(S(=O)(=O)N2CCN(C(=O)Nc3cccc(Cl)c3)CC2)cc1C. The first-order valence-corrected chi connectivity index (χ1v) is 10.5. The van der Waals surface area contributed by atoms with Gasteiger partial charge in [-0.15, -0.1) is 0 Å². The van der Waals surface area contributed by atoms with Gasteiger partial charge < -0.3 is 10.2 Å². The number of nitrogens with one attached hydrogen (secondary N) is 1. The van der Waals surface area contributed by atoms with Crippen molar-refractivity contribution in [3.05, 3.63) is 58.6 Å². The highest BCUT2D eigenvalue weighted by atomic mass is 35.5. The maximum Gasteiger partial charge on any atom is 0.321 e. The molecular formula is C19H22ClN3O3S. The number of aryl methyl sites for hydroxylation is 2. The predicted molar refractivity (Wildman–Crippen MR) is 107 cm³/mol. The zero-order valence-corrected chi connectivity index (χ0v) is 16.8. The van der Waals surface area contributed by atoms with E-state index in [4.69, 9.17) is 11.6 Å². The number of nitrogens with zero attached hydrogens (tertiary/aromatic N) is 2. The molecule has 0 spiro atoms. The molecule has 1 saturated heterocycles. The first-order chi connectivity index (χ1) is 12.8. The smallest absolute Gasteiger partial charge is 0.321 e. The third-order valence-electron chi connectivity index (χ3n) is 4.72. The summed E-state index contributed by atoms with van der Waals surface area (Å²) >= 11 is 5.92. The van der Waals surface area contributed by atoms with E-state index in [1.807, 2.05) is 19.9 Å². The summed E-state index contributed by atoms with van der Waals surface area (Å²) in [5.41, 5.74) is 2.60. The average molecular weight is 408 g/mol. The Morgan fingerprint density at radius 3 is 2.33 bits per heavy atom. The van der Waals surface area contributed by atoms with Crippen LogP contribution in [0, 0.1) is 13.8 Å². The second kappa shape index (κ2) is 7.88. The van der Waals surface area contributed by atoms with Gasteiger partial charge in [-0.1, -0.05) is 23.7 Å². The van der Waals surface area contributed by atoms with Gasteiger partial charge in [-0.05, 0) is 55.3 Å². The monoisotopic (exact) mass is 407 g/mol. The van der Waals surface area contributed by atoms with Gasteiger partial charge in [-0.25, -0.2) is 13.2 Å². The molecule has 0 aromatic heterocycles. The minimum absolute atomic E-state index is 0.262. The van der Waals surface area contributed by atoms with Gasteiger partial charge in [-0.3, -0.25) is 0 Å². The normalized spacial score (nSPS) is 15.6. The summed E-state index contributed by atoms with van der Waals surface area (Å²) in [7, 11) is -3.56. The quantitative estimate of drug-likeness (QED) is 0.846.